The first-order chi connectivity index (χ1) is 29.8. The third kappa shape index (κ3) is 13.4. The molecule has 5 rings (SSSR count). The molecule has 1 saturated carbocycles. The molecule has 11 unspecified atom stereocenters. The van der Waals surface area contributed by atoms with Crippen LogP contribution >= 0.6 is 23.4 Å². The molecule has 0 radical (unpaired) electrons. The fourth-order valence-corrected chi connectivity index (χ4v) is 11.1. The molecule has 1 amide bonds. The van der Waals surface area contributed by atoms with Gasteiger partial charge in [0.2, 0.25) is 5.91 Å². The maximum Gasteiger partial charge on any atom is 0.224 e. The second kappa shape index (κ2) is 24.1. The quantitative estimate of drug-likeness (QED) is 0.0490. The van der Waals surface area contributed by atoms with E-state index in [1.165, 1.54) is 11.8 Å². The van der Waals surface area contributed by atoms with Crippen LogP contribution in [-0.2, 0) is 28.5 Å². The lowest BCUT2D eigenvalue weighted by molar-refractivity contribution is -0.314. The summed E-state index contributed by atoms with van der Waals surface area (Å²) < 4.78 is 30.1. The molecule has 21 atom stereocenters. The Kier molecular flexibility index (Phi) is 20.4. The fourth-order valence-electron chi connectivity index (χ4n) is 10.2. The van der Waals surface area contributed by atoms with E-state index in [1.54, 1.807) is 20.1 Å². The number of piperidine rings is 1. The molecule has 4 heterocycles. The number of likely N-dealkylation sites (N-methyl/N-ethyl adjacent to an activating group) is 1. The van der Waals surface area contributed by atoms with Crippen LogP contribution in [0.25, 0.3) is 0 Å². The van der Waals surface area contributed by atoms with Crippen molar-refractivity contribution in [3.05, 3.63) is 0 Å². The van der Waals surface area contributed by atoms with Crippen LogP contribution in [0.15, 0.2) is 0 Å². The zero-order valence-electron chi connectivity index (χ0n) is 37.8. The average molecular weight is 943 g/mol. The largest absolute Gasteiger partial charge is 0.388 e. The number of aliphatic hydroxyl groups excluding tert-OH is 5. The number of amides is 1. The molecule has 5 fully saturated rings. The van der Waals surface area contributed by atoms with Gasteiger partial charge < -0.3 is 87.5 Å². The number of thioether (sulfide) groups is 1. The first kappa shape index (κ1) is 53.4. The molecule has 0 bridgehead atoms. The standard InChI is InChI=1S/C42H80ClN7O12S/c1-6-22-15-23(38(56)48-28(21(2)43)36-30(52)29(51)31(53)41(62-36)63-5)19-50(18-22)14-10-8-7-9-13-49(4)37-33(55)40(58-20-42(37,3)57)61-35-27(47)16-26(46)34(32(35)54)60-39-25(45)12-11-24(17-44)59-39/h21-37,39-41,51-55,57H,6-20,44-47H2,1-5H3,(H,48,56)/t21?,22?,23?,24-,25+,26-,27+,28?,29+,30+,31?,32-,33+,34?,35?,36?,37?,39?,40?,41+,42-/m0/s1. The molecule has 63 heavy (non-hydrogen) atoms. The highest BCUT2D eigenvalue weighted by atomic mass is 35.5. The minimum absolute atomic E-state index is 0.117. The smallest absolute Gasteiger partial charge is 0.224 e. The van der Waals surface area contributed by atoms with Gasteiger partial charge in [-0.15, -0.1) is 23.4 Å². The van der Waals surface area contributed by atoms with E-state index in [-0.39, 0.29) is 31.0 Å². The van der Waals surface area contributed by atoms with Gasteiger partial charge in [-0.2, -0.15) is 0 Å². The van der Waals surface area contributed by atoms with Gasteiger partial charge in [0.25, 0.3) is 0 Å². The van der Waals surface area contributed by atoms with E-state index >= 15 is 0 Å². The number of aliphatic hydroxyl groups is 6. The highest BCUT2D eigenvalue weighted by Gasteiger charge is 2.53. The van der Waals surface area contributed by atoms with Crippen molar-refractivity contribution in [2.24, 2.45) is 34.8 Å². The summed E-state index contributed by atoms with van der Waals surface area (Å²) in [6, 6.07) is -3.27. The Labute approximate surface area is 382 Å². The predicted octanol–water partition coefficient (Wildman–Crippen LogP) is -2.07. The van der Waals surface area contributed by atoms with Crippen LogP contribution in [0, 0.1) is 11.8 Å². The Balaban J connectivity index is 1.08. The van der Waals surface area contributed by atoms with Crippen LogP contribution in [0.3, 0.4) is 0 Å². The Morgan fingerprint density at radius 3 is 2.22 bits per heavy atom. The molecular weight excluding hydrogens is 862 g/mol. The zero-order valence-corrected chi connectivity index (χ0v) is 39.3. The van der Waals surface area contributed by atoms with Crippen LogP contribution in [0.2, 0.25) is 0 Å². The summed E-state index contributed by atoms with van der Waals surface area (Å²) >= 11 is 7.75. The van der Waals surface area contributed by atoms with E-state index in [0.717, 1.165) is 51.6 Å². The lowest BCUT2D eigenvalue weighted by atomic mass is 9.84. The van der Waals surface area contributed by atoms with E-state index in [0.29, 0.717) is 38.4 Å². The van der Waals surface area contributed by atoms with Crippen LogP contribution in [0.5, 0.6) is 0 Å². The summed E-state index contributed by atoms with van der Waals surface area (Å²) in [5, 5.41) is 68.6. The monoisotopic (exact) mass is 942 g/mol. The molecule has 4 saturated heterocycles. The summed E-state index contributed by atoms with van der Waals surface area (Å²) in [6.07, 6.45) is -3.25. The highest BCUT2D eigenvalue weighted by Crippen LogP contribution is 2.35. The van der Waals surface area contributed by atoms with E-state index < -0.39 is 108 Å². The second-order valence-corrected chi connectivity index (χ2v) is 20.7. The number of likely N-dealkylation sites (tertiary alicyclic amines) is 1. The number of carbonyl (C=O) groups excluding carboxylic acids is 1. The summed E-state index contributed by atoms with van der Waals surface area (Å²) in [5.41, 5.74) is 22.8. The third-order valence-corrected chi connectivity index (χ3v) is 15.1. The Morgan fingerprint density at radius 2 is 1.59 bits per heavy atom. The third-order valence-electron chi connectivity index (χ3n) is 14.0. The van der Waals surface area contributed by atoms with Crippen molar-refractivity contribution in [1.82, 2.24) is 15.1 Å². The number of alkyl halides is 1. The van der Waals surface area contributed by atoms with Gasteiger partial charge >= 0.3 is 0 Å². The number of rotatable bonds is 19. The minimum Gasteiger partial charge on any atom is -0.388 e. The second-order valence-electron chi connectivity index (χ2n) is 19.1. The van der Waals surface area contributed by atoms with Crippen LogP contribution < -0.4 is 28.3 Å². The number of ether oxygens (including phenoxy) is 5. The molecule has 0 aromatic rings. The number of halogens is 1. The molecule has 1 aliphatic carbocycles. The van der Waals surface area contributed by atoms with Crippen LogP contribution in [-0.4, -0.2) is 213 Å². The molecule has 368 valence electrons. The van der Waals surface area contributed by atoms with Gasteiger partial charge in [-0.05, 0) is 84.7 Å². The van der Waals surface area contributed by atoms with Gasteiger partial charge in [-0.25, -0.2) is 0 Å². The first-order valence-corrected chi connectivity index (χ1v) is 24.8. The lowest BCUT2D eigenvalue weighted by Gasteiger charge is -2.50. The predicted molar refractivity (Wildman–Crippen MR) is 238 cm³/mol. The Morgan fingerprint density at radius 1 is 0.921 bits per heavy atom. The van der Waals surface area contributed by atoms with Gasteiger partial charge in [0.05, 0.1) is 42.1 Å². The fraction of sp³-hybridized carbons (Fsp3) is 0.976. The molecule has 4 aliphatic heterocycles. The van der Waals surface area contributed by atoms with Crippen molar-refractivity contribution >= 4 is 29.3 Å². The summed E-state index contributed by atoms with van der Waals surface area (Å²) in [5.74, 6) is -0.135. The number of hydrogen-bond acceptors (Lipinski definition) is 19. The SMILES string of the molecule is CCC1CC(C(=O)NC(C(C)Cl)C2O[C@H](SC)C(O)[C@H](O)[C@H]2O)CN(CCCCCCN(C)C2[C@@H](O)C(OC3[C@@H](O)C(OC4O[C@H](CN)CC[C@H]4N)[C@@H](N)C[C@H]3N)OC[C@]2(C)O)C1. The molecule has 0 spiro atoms. The number of carbonyl (C=O) groups is 1. The molecule has 21 heteroatoms. The zero-order chi connectivity index (χ0) is 46.3. The Bertz CT molecular complexity index is 1400. The normalized spacial score (nSPS) is 44.0. The van der Waals surface area contributed by atoms with Crippen molar-refractivity contribution < 1.29 is 59.1 Å². The molecule has 0 aromatic heterocycles. The number of nitrogens with zero attached hydrogens (tertiary/aromatic N) is 2. The van der Waals surface area contributed by atoms with E-state index in [9.17, 15) is 35.4 Å². The average Bonchev–Trinajstić information content (AvgIpc) is 3.24. The van der Waals surface area contributed by atoms with Crippen molar-refractivity contribution in [2.45, 2.75) is 193 Å². The number of nitrogens with two attached hydrogens (primary N) is 4. The molecule has 15 N–H and O–H groups in total. The number of unbranched alkanes of at least 4 members (excludes halogenated alkanes) is 3. The maximum absolute atomic E-state index is 13.8. The van der Waals surface area contributed by atoms with Gasteiger partial charge in [0.1, 0.15) is 59.9 Å². The summed E-state index contributed by atoms with van der Waals surface area (Å²) in [7, 11) is 1.85. The highest BCUT2D eigenvalue weighted by molar-refractivity contribution is 7.99. The minimum atomic E-state index is -1.44. The summed E-state index contributed by atoms with van der Waals surface area (Å²) in [6.45, 7) is 8.53. The molecule has 0 aromatic carbocycles. The van der Waals surface area contributed by atoms with Crippen molar-refractivity contribution in [3.63, 3.8) is 0 Å². The Hall–Kier alpha value is -0.570. The topological polar surface area (TPSA) is 307 Å². The molecule has 19 nitrogen and oxygen atoms in total. The number of nitrogens with one attached hydrogen (secondary N) is 1. The number of hydrogen-bond donors (Lipinski definition) is 11. The van der Waals surface area contributed by atoms with Gasteiger partial charge in [0, 0.05) is 31.7 Å². The van der Waals surface area contributed by atoms with Crippen molar-refractivity contribution in [2.75, 3.05) is 52.6 Å². The van der Waals surface area contributed by atoms with Gasteiger partial charge in [0.15, 0.2) is 12.6 Å². The van der Waals surface area contributed by atoms with E-state index in [2.05, 4.69) is 17.1 Å². The first-order valence-electron chi connectivity index (χ1n) is 23.0. The van der Waals surface area contributed by atoms with Crippen LogP contribution in [0.1, 0.15) is 78.6 Å². The molecule has 5 aliphatic rings. The van der Waals surface area contributed by atoms with E-state index in [1.807, 2.05) is 11.9 Å². The molecular formula is C42H80ClN7O12S. The van der Waals surface area contributed by atoms with Gasteiger partial charge in [-0.3, -0.25) is 9.69 Å². The van der Waals surface area contributed by atoms with Crippen molar-refractivity contribution in [3.8, 4) is 0 Å². The van der Waals surface area contributed by atoms with E-state index in [4.69, 9.17) is 58.2 Å². The lowest BCUT2D eigenvalue weighted by Crippen LogP contribution is -2.69. The van der Waals surface area contributed by atoms with Crippen molar-refractivity contribution in [1.29, 1.82) is 0 Å². The summed E-state index contributed by atoms with van der Waals surface area (Å²) in [4.78, 5) is 18.0. The van der Waals surface area contributed by atoms with Gasteiger partial charge in [-0.1, -0.05) is 26.2 Å². The maximum atomic E-state index is 13.8. The van der Waals surface area contributed by atoms with Crippen LogP contribution in [0.4, 0.5) is 0 Å².